The van der Waals surface area contributed by atoms with Crippen molar-refractivity contribution < 1.29 is 9.72 Å². The van der Waals surface area contributed by atoms with E-state index in [0.717, 1.165) is 38.8 Å². The minimum atomic E-state index is -0.370. The van der Waals surface area contributed by atoms with Crippen LogP contribution in [0.2, 0.25) is 0 Å². The molecule has 0 saturated carbocycles. The zero-order chi connectivity index (χ0) is 18.1. The van der Waals surface area contributed by atoms with Gasteiger partial charge in [-0.15, -0.1) is 11.3 Å². The predicted octanol–water partition coefficient (Wildman–Crippen LogP) is 4.23. The van der Waals surface area contributed by atoms with Crippen molar-refractivity contribution >= 4 is 28.6 Å². The largest absolute Gasteiger partial charge is 0.366 e. The van der Waals surface area contributed by atoms with E-state index in [9.17, 15) is 14.9 Å². The minimum absolute atomic E-state index is 0.0321. The lowest BCUT2D eigenvalue weighted by Crippen LogP contribution is -2.30. The molecule has 0 N–H and O–H groups in total. The number of thiophene rings is 1. The van der Waals surface area contributed by atoms with Crippen molar-refractivity contribution in [3.05, 3.63) is 56.3 Å². The Kier molecular flexibility index (Phi) is 4.63. The van der Waals surface area contributed by atoms with E-state index in [-0.39, 0.29) is 22.6 Å². The van der Waals surface area contributed by atoms with Crippen LogP contribution in [0.4, 0.5) is 11.4 Å². The SMILES string of the molecule is O=C(c1ccc(N2CCCC2)c([N+](=O)[O-])c1)N1CCC[C@H]1c1cccs1. The van der Waals surface area contributed by atoms with E-state index < -0.39 is 0 Å². The van der Waals surface area contributed by atoms with Crippen LogP contribution in [0.25, 0.3) is 0 Å². The minimum Gasteiger partial charge on any atom is -0.366 e. The van der Waals surface area contributed by atoms with E-state index in [1.54, 1.807) is 23.5 Å². The molecular weight excluding hydrogens is 350 g/mol. The summed E-state index contributed by atoms with van der Waals surface area (Å²) >= 11 is 1.66. The highest BCUT2D eigenvalue weighted by atomic mass is 32.1. The Labute approximate surface area is 156 Å². The molecule has 136 valence electrons. The van der Waals surface area contributed by atoms with E-state index in [2.05, 4.69) is 6.07 Å². The first-order chi connectivity index (χ1) is 12.6. The number of likely N-dealkylation sites (tertiary alicyclic amines) is 1. The van der Waals surface area contributed by atoms with Crippen LogP contribution in [-0.4, -0.2) is 35.4 Å². The van der Waals surface area contributed by atoms with Gasteiger partial charge in [-0.1, -0.05) is 6.07 Å². The molecular formula is C19H21N3O3S. The molecule has 1 aromatic carbocycles. The van der Waals surface area contributed by atoms with Crippen LogP contribution in [-0.2, 0) is 0 Å². The molecule has 0 spiro atoms. The Morgan fingerprint density at radius 2 is 1.96 bits per heavy atom. The number of benzene rings is 1. The number of amides is 1. The van der Waals surface area contributed by atoms with Crippen LogP contribution in [0.3, 0.4) is 0 Å². The van der Waals surface area contributed by atoms with E-state index in [1.807, 2.05) is 21.2 Å². The molecule has 2 aliphatic rings. The lowest BCUT2D eigenvalue weighted by Gasteiger charge is -2.24. The number of carbonyl (C=O) groups is 1. The fraction of sp³-hybridized carbons (Fsp3) is 0.421. The van der Waals surface area contributed by atoms with Gasteiger partial charge in [0.15, 0.2) is 0 Å². The molecule has 4 rings (SSSR count). The zero-order valence-electron chi connectivity index (χ0n) is 14.5. The maximum absolute atomic E-state index is 13.1. The van der Waals surface area contributed by atoms with Gasteiger partial charge in [0.2, 0.25) is 0 Å². The second kappa shape index (κ2) is 7.07. The third-order valence-electron chi connectivity index (χ3n) is 5.25. The van der Waals surface area contributed by atoms with Crippen molar-refractivity contribution in [2.45, 2.75) is 31.7 Å². The summed E-state index contributed by atoms with van der Waals surface area (Å²) in [6, 6.07) is 9.08. The van der Waals surface area contributed by atoms with Gasteiger partial charge in [-0.05, 0) is 49.3 Å². The lowest BCUT2D eigenvalue weighted by molar-refractivity contribution is -0.384. The first-order valence-electron chi connectivity index (χ1n) is 9.03. The highest BCUT2D eigenvalue weighted by Crippen LogP contribution is 2.37. The summed E-state index contributed by atoms with van der Waals surface area (Å²) < 4.78 is 0. The smallest absolute Gasteiger partial charge is 0.293 e. The van der Waals surface area contributed by atoms with Gasteiger partial charge in [0.05, 0.1) is 11.0 Å². The number of rotatable bonds is 4. The summed E-state index contributed by atoms with van der Waals surface area (Å²) in [7, 11) is 0. The van der Waals surface area contributed by atoms with Crippen molar-refractivity contribution in [1.29, 1.82) is 0 Å². The molecule has 3 heterocycles. The fourth-order valence-electron chi connectivity index (χ4n) is 3.98. The van der Waals surface area contributed by atoms with Crippen LogP contribution < -0.4 is 4.90 Å². The van der Waals surface area contributed by atoms with Gasteiger partial charge in [0.25, 0.3) is 11.6 Å². The second-order valence-corrected chi connectivity index (χ2v) is 7.81. The molecule has 0 unspecified atom stereocenters. The molecule has 2 aliphatic heterocycles. The number of nitro groups is 1. The Hall–Kier alpha value is -2.41. The summed E-state index contributed by atoms with van der Waals surface area (Å²) in [6.07, 6.45) is 4.00. The van der Waals surface area contributed by atoms with Crippen LogP contribution in [0.15, 0.2) is 35.7 Å². The van der Waals surface area contributed by atoms with E-state index in [4.69, 9.17) is 0 Å². The normalized spacial score (nSPS) is 19.9. The van der Waals surface area contributed by atoms with Gasteiger partial charge < -0.3 is 9.80 Å². The van der Waals surface area contributed by atoms with Gasteiger partial charge in [-0.2, -0.15) is 0 Å². The highest BCUT2D eigenvalue weighted by molar-refractivity contribution is 7.10. The number of anilines is 1. The quantitative estimate of drug-likeness (QED) is 0.596. The van der Waals surface area contributed by atoms with Gasteiger partial charge in [-0.25, -0.2) is 0 Å². The summed E-state index contributed by atoms with van der Waals surface area (Å²) in [6.45, 7) is 2.37. The van der Waals surface area contributed by atoms with Crippen molar-refractivity contribution in [1.82, 2.24) is 4.90 Å². The van der Waals surface area contributed by atoms with Crippen LogP contribution in [0, 0.1) is 10.1 Å². The average Bonchev–Trinajstić information content (AvgIpc) is 3.42. The predicted molar refractivity (Wildman–Crippen MR) is 102 cm³/mol. The molecule has 2 saturated heterocycles. The summed E-state index contributed by atoms with van der Waals surface area (Å²) in [5.41, 5.74) is 1.06. The van der Waals surface area contributed by atoms with Crippen LogP contribution in [0.5, 0.6) is 0 Å². The van der Waals surface area contributed by atoms with Crippen molar-refractivity contribution in [3.8, 4) is 0 Å². The Morgan fingerprint density at radius 1 is 1.15 bits per heavy atom. The monoisotopic (exact) mass is 371 g/mol. The highest BCUT2D eigenvalue weighted by Gasteiger charge is 2.32. The van der Waals surface area contributed by atoms with Crippen LogP contribution in [0.1, 0.15) is 47.0 Å². The summed E-state index contributed by atoms with van der Waals surface area (Å²) in [5, 5.41) is 13.6. The molecule has 7 heteroatoms. The number of carbonyl (C=O) groups excluding carboxylic acids is 1. The number of hydrogen-bond acceptors (Lipinski definition) is 5. The number of hydrogen-bond donors (Lipinski definition) is 0. The Balaban J connectivity index is 1.63. The fourth-order valence-corrected chi connectivity index (χ4v) is 4.85. The van der Waals surface area contributed by atoms with Crippen molar-refractivity contribution in [2.24, 2.45) is 0 Å². The molecule has 1 amide bonds. The molecule has 0 aliphatic carbocycles. The Bertz CT molecular complexity index is 815. The van der Waals surface area contributed by atoms with Crippen molar-refractivity contribution in [3.63, 3.8) is 0 Å². The molecule has 1 atom stereocenters. The maximum Gasteiger partial charge on any atom is 0.293 e. The standard InChI is InChI=1S/C19H21N3O3S/c23-19(21-11-3-5-16(21)18-6-4-12-26-18)14-7-8-15(17(13-14)22(24)25)20-9-1-2-10-20/h4,6-8,12-13,16H,1-3,5,9-11H2/t16-/m0/s1. The Morgan fingerprint density at radius 3 is 2.65 bits per heavy atom. The van der Waals surface area contributed by atoms with Crippen LogP contribution >= 0.6 is 11.3 Å². The first-order valence-corrected chi connectivity index (χ1v) is 9.91. The van der Waals surface area contributed by atoms with E-state index in [1.165, 1.54) is 10.9 Å². The molecule has 2 fully saturated rings. The molecule has 1 aromatic heterocycles. The topological polar surface area (TPSA) is 66.7 Å². The molecule has 0 bridgehead atoms. The van der Waals surface area contributed by atoms with Gasteiger partial charge in [-0.3, -0.25) is 14.9 Å². The number of nitro benzene ring substituents is 1. The molecule has 26 heavy (non-hydrogen) atoms. The molecule has 0 radical (unpaired) electrons. The first kappa shape index (κ1) is 17.0. The maximum atomic E-state index is 13.1. The second-order valence-electron chi connectivity index (χ2n) is 6.83. The lowest BCUT2D eigenvalue weighted by atomic mass is 10.1. The summed E-state index contributed by atoms with van der Waals surface area (Å²) in [4.78, 5) is 29.3. The van der Waals surface area contributed by atoms with Gasteiger partial charge in [0, 0.05) is 36.1 Å². The van der Waals surface area contributed by atoms with Gasteiger partial charge in [0.1, 0.15) is 5.69 Å². The number of nitrogens with zero attached hydrogens (tertiary/aromatic N) is 3. The van der Waals surface area contributed by atoms with E-state index >= 15 is 0 Å². The average molecular weight is 371 g/mol. The third-order valence-corrected chi connectivity index (χ3v) is 6.22. The summed E-state index contributed by atoms with van der Waals surface area (Å²) in [5.74, 6) is -0.114. The zero-order valence-corrected chi connectivity index (χ0v) is 15.3. The van der Waals surface area contributed by atoms with Crippen molar-refractivity contribution in [2.75, 3.05) is 24.5 Å². The molecule has 6 nitrogen and oxygen atoms in total. The third kappa shape index (κ3) is 3.07. The van der Waals surface area contributed by atoms with Gasteiger partial charge >= 0.3 is 0 Å². The van der Waals surface area contributed by atoms with E-state index in [0.29, 0.717) is 17.8 Å². The molecule has 2 aromatic rings.